The molecule has 0 N–H and O–H groups in total. The van der Waals surface area contributed by atoms with Crippen LogP contribution in [0.1, 0.15) is 20.3 Å². The Bertz CT molecular complexity index is 145. The lowest BCUT2D eigenvalue weighted by atomic mass is 10.00. The molecule has 0 bridgehead atoms. The molecule has 0 spiro atoms. The van der Waals surface area contributed by atoms with E-state index in [1.54, 1.807) is 6.20 Å². The normalized spacial score (nSPS) is 14.4. The Balaban J connectivity index is 4.18. The summed E-state index contributed by atoms with van der Waals surface area (Å²) in [6.45, 7) is 11.4. The van der Waals surface area contributed by atoms with Crippen LogP contribution < -0.4 is 0 Å². The first-order valence-corrected chi connectivity index (χ1v) is 3.54. The van der Waals surface area contributed by atoms with E-state index >= 15 is 0 Å². The Kier molecular flexibility index (Phi) is 4.55. The highest BCUT2D eigenvalue weighted by Crippen LogP contribution is 2.14. The number of nitrogens with zero attached hydrogens (tertiary/aromatic N) is 1. The van der Waals surface area contributed by atoms with E-state index in [1.165, 1.54) is 0 Å². The zero-order valence-electron chi connectivity index (χ0n) is 6.80. The predicted molar refractivity (Wildman–Crippen MR) is 47.3 cm³/mol. The van der Waals surface area contributed by atoms with Crippen LogP contribution in [0.15, 0.2) is 29.4 Å². The van der Waals surface area contributed by atoms with Gasteiger partial charge in [-0.05, 0) is 24.6 Å². The molecule has 0 rings (SSSR count). The van der Waals surface area contributed by atoms with Gasteiger partial charge in [-0.3, -0.25) is 4.99 Å². The molecule has 1 atom stereocenters. The summed E-state index contributed by atoms with van der Waals surface area (Å²) in [5.41, 5.74) is 1.16. The molecule has 0 saturated heterocycles. The van der Waals surface area contributed by atoms with E-state index in [0.717, 1.165) is 12.0 Å². The third-order valence-electron chi connectivity index (χ3n) is 1.66. The van der Waals surface area contributed by atoms with Crippen LogP contribution in [0.5, 0.6) is 0 Å². The minimum absolute atomic E-state index is 0.544. The average Bonchev–Trinajstić information content (AvgIpc) is 1.99. The minimum Gasteiger partial charge on any atom is -0.272 e. The van der Waals surface area contributed by atoms with Crippen molar-refractivity contribution >= 4 is 6.72 Å². The summed E-state index contributed by atoms with van der Waals surface area (Å²) in [6.07, 6.45) is 4.72. The van der Waals surface area contributed by atoms with Crippen LogP contribution in [-0.2, 0) is 0 Å². The number of hydrogen-bond donors (Lipinski definition) is 0. The van der Waals surface area contributed by atoms with Crippen molar-refractivity contribution in [3.8, 4) is 0 Å². The van der Waals surface area contributed by atoms with Gasteiger partial charge in [0.2, 0.25) is 0 Å². The van der Waals surface area contributed by atoms with Gasteiger partial charge in [-0.25, -0.2) is 0 Å². The van der Waals surface area contributed by atoms with Gasteiger partial charge in [0.1, 0.15) is 0 Å². The fourth-order valence-corrected chi connectivity index (χ4v) is 0.722. The highest BCUT2D eigenvalue weighted by atomic mass is 14.6. The largest absolute Gasteiger partial charge is 0.272 e. The molecule has 0 aliphatic rings. The van der Waals surface area contributed by atoms with Crippen LogP contribution in [0, 0.1) is 5.92 Å². The van der Waals surface area contributed by atoms with E-state index in [0.29, 0.717) is 5.92 Å². The van der Waals surface area contributed by atoms with Gasteiger partial charge in [0, 0.05) is 6.20 Å². The summed E-state index contributed by atoms with van der Waals surface area (Å²) < 4.78 is 0. The minimum atomic E-state index is 0.544. The van der Waals surface area contributed by atoms with E-state index in [-0.39, 0.29) is 0 Å². The molecule has 0 aliphatic heterocycles. The second-order valence-electron chi connectivity index (χ2n) is 2.33. The first kappa shape index (κ1) is 9.15. The zero-order valence-corrected chi connectivity index (χ0v) is 6.80. The average molecular weight is 137 g/mol. The molecule has 0 aliphatic carbocycles. The second-order valence-corrected chi connectivity index (χ2v) is 2.33. The first-order chi connectivity index (χ1) is 4.76. The first-order valence-electron chi connectivity index (χ1n) is 3.54. The molecule has 0 aromatic heterocycles. The molecule has 0 aromatic carbocycles. The van der Waals surface area contributed by atoms with Crippen molar-refractivity contribution in [2.45, 2.75) is 20.3 Å². The maximum atomic E-state index is 3.69. The molecule has 0 aromatic rings. The maximum absolute atomic E-state index is 3.69. The van der Waals surface area contributed by atoms with Crippen molar-refractivity contribution in [3.05, 3.63) is 24.4 Å². The standard InChI is InChI=1S/C9H15N/c1-5-8(3)9(6-2)7-10-4/h6-8H,2,4-5H2,1,3H3/b9-7+. The van der Waals surface area contributed by atoms with Crippen molar-refractivity contribution in [3.63, 3.8) is 0 Å². The van der Waals surface area contributed by atoms with Crippen molar-refractivity contribution in [1.29, 1.82) is 0 Å². The molecular weight excluding hydrogens is 122 g/mol. The fraction of sp³-hybridized carbons (Fsp3) is 0.444. The van der Waals surface area contributed by atoms with Gasteiger partial charge < -0.3 is 0 Å². The molecule has 0 heterocycles. The van der Waals surface area contributed by atoms with E-state index in [1.807, 2.05) is 6.08 Å². The highest BCUT2D eigenvalue weighted by molar-refractivity contribution is 5.29. The Morgan fingerprint density at radius 2 is 2.30 bits per heavy atom. The van der Waals surface area contributed by atoms with Crippen molar-refractivity contribution in [2.24, 2.45) is 10.9 Å². The van der Waals surface area contributed by atoms with Gasteiger partial charge in [0.15, 0.2) is 0 Å². The Morgan fingerprint density at radius 3 is 2.60 bits per heavy atom. The molecule has 0 fully saturated rings. The van der Waals surface area contributed by atoms with Crippen LogP contribution in [-0.4, -0.2) is 6.72 Å². The molecule has 0 amide bonds. The van der Waals surface area contributed by atoms with Crippen molar-refractivity contribution < 1.29 is 0 Å². The topological polar surface area (TPSA) is 12.4 Å². The van der Waals surface area contributed by atoms with Gasteiger partial charge in [0.25, 0.3) is 0 Å². The summed E-state index contributed by atoms with van der Waals surface area (Å²) in [7, 11) is 0. The second kappa shape index (κ2) is 4.98. The van der Waals surface area contributed by atoms with Gasteiger partial charge in [-0.1, -0.05) is 26.5 Å². The molecular formula is C9H15N. The third-order valence-corrected chi connectivity index (χ3v) is 1.66. The summed E-state index contributed by atoms with van der Waals surface area (Å²) in [5.74, 6) is 0.544. The van der Waals surface area contributed by atoms with E-state index in [4.69, 9.17) is 0 Å². The number of rotatable bonds is 4. The Morgan fingerprint density at radius 1 is 1.70 bits per heavy atom. The molecule has 1 unspecified atom stereocenters. The van der Waals surface area contributed by atoms with Crippen molar-refractivity contribution in [1.82, 2.24) is 0 Å². The van der Waals surface area contributed by atoms with Crippen LogP contribution in [0.4, 0.5) is 0 Å². The maximum Gasteiger partial charge on any atom is 0.0295 e. The summed E-state index contributed by atoms with van der Waals surface area (Å²) in [4.78, 5) is 3.69. The highest BCUT2D eigenvalue weighted by Gasteiger charge is 2.00. The smallest absolute Gasteiger partial charge is 0.0295 e. The molecule has 10 heavy (non-hydrogen) atoms. The number of aliphatic imine (C=N–C) groups is 1. The van der Waals surface area contributed by atoms with Crippen LogP contribution in [0.2, 0.25) is 0 Å². The lowest BCUT2D eigenvalue weighted by Gasteiger charge is -2.07. The Hall–Kier alpha value is -0.850. The molecule has 1 heteroatoms. The number of hydrogen-bond acceptors (Lipinski definition) is 1. The van der Waals surface area contributed by atoms with E-state index < -0.39 is 0 Å². The molecule has 1 nitrogen and oxygen atoms in total. The Labute approximate surface area is 63.2 Å². The SMILES string of the molecule is C=C/C(=C\N=C)C(C)CC. The monoisotopic (exact) mass is 137 g/mol. The predicted octanol–water partition coefficient (Wildman–Crippen LogP) is 2.80. The van der Waals surface area contributed by atoms with Crippen LogP contribution in [0.3, 0.4) is 0 Å². The van der Waals surface area contributed by atoms with Crippen molar-refractivity contribution in [2.75, 3.05) is 0 Å². The molecule has 56 valence electrons. The summed E-state index contributed by atoms with van der Waals surface area (Å²) in [6, 6.07) is 0. The van der Waals surface area contributed by atoms with Gasteiger partial charge >= 0.3 is 0 Å². The summed E-state index contributed by atoms with van der Waals surface area (Å²) in [5, 5.41) is 0. The molecule has 0 radical (unpaired) electrons. The quantitative estimate of drug-likeness (QED) is 0.417. The number of allylic oxidation sites excluding steroid dienone is 2. The summed E-state index contributed by atoms with van der Waals surface area (Å²) >= 11 is 0. The lowest BCUT2D eigenvalue weighted by molar-refractivity contribution is 0.669. The lowest BCUT2D eigenvalue weighted by Crippen LogP contribution is -1.93. The third kappa shape index (κ3) is 2.62. The van der Waals surface area contributed by atoms with Gasteiger partial charge in [0.05, 0.1) is 0 Å². The van der Waals surface area contributed by atoms with E-state index in [2.05, 4.69) is 32.1 Å². The van der Waals surface area contributed by atoms with Crippen LogP contribution in [0.25, 0.3) is 0 Å². The molecule has 0 saturated carbocycles. The zero-order chi connectivity index (χ0) is 7.98. The van der Waals surface area contributed by atoms with Gasteiger partial charge in [-0.2, -0.15) is 0 Å². The van der Waals surface area contributed by atoms with Crippen LogP contribution >= 0.6 is 0 Å². The van der Waals surface area contributed by atoms with E-state index in [9.17, 15) is 0 Å². The van der Waals surface area contributed by atoms with Gasteiger partial charge in [-0.15, -0.1) is 0 Å². The fourth-order valence-electron chi connectivity index (χ4n) is 0.722.